The van der Waals surface area contributed by atoms with Gasteiger partial charge in [0.05, 0.1) is 40.1 Å². The minimum Gasteiger partial charge on any atom is -0.497 e. The summed E-state index contributed by atoms with van der Waals surface area (Å²) in [5.74, 6) is 1.41. The van der Waals surface area contributed by atoms with Crippen molar-refractivity contribution >= 4 is 11.2 Å². The molecule has 2 N–H and O–H groups in total. The number of fused-ring (bicyclic) bond motifs is 1. The van der Waals surface area contributed by atoms with E-state index in [1.165, 1.54) is 12.7 Å². The van der Waals surface area contributed by atoms with Crippen LogP contribution in [0.4, 0.5) is 0 Å². The second-order valence-electron chi connectivity index (χ2n) is 11.7. The monoisotopic (exact) mass is 660 g/mol. The summed E-state index contributed by atoms with van der Waals surface area (Å²) in [6.45, 7) is 0.193. The molecule has 11 nitrogen and oxygen atoms in total. The van der Waals surface area contributed by atoms with E-state index in [1.54, 1.807) is 18.8 Å². The molecule has 0 amide bonds. The number of aromatic amines is 1. The number of rotatable bonds is 12. The number of ether oxygens (including phenoxy) is 5. The molecule has 250 valence electrons. The van der Waals surface area contributed by atoms with Crippen molar-refractivity contribution in [3.8, 4) is 11.5 Å². The van der Waals surface area contributed by atoms with Gasteiger partial charge in [-0.2, -0.15) is 0 Å². The number of nitrogens with one attached hydrogen (secondary N) is 1. The number of hydrogen-bond acceptors (Lipinski definition) is 9. The second kappa shape index (κ2) is 14.0. The molecule has 1 fully saturated rings. The number of aliphatic hydroxyl groups is 1. The van der Waals surface area contributed by atoms with Gasteiger partial charge in [0.15, 0.2) is 17.4 Å². The third-order valence-electron chi connectivity index (χ3n) is 8.87. The standard InChI is InChI=1S/C38H36N4O7/c1-45-29-17-13-27(14-18-29)38(26-11-7-4-8-12-26,28-15-19-30(46-2)20-16-28)48-22-31-33(43)34(47-21-25-9-5-3-6-10-25)37(49-31)42-24-41-32-35(42)39-23-40-36(32)44/h3-20,23-24,31,33-34,37,43H,21-22H2,1-2H3,(H,39,40,44)/t31-,33-,34-,37-/m1/s1. The van der Waals surface area contributed by atoms with Crippen LogP contribution < -0.4 is 15.0 Å². The average Bonchev–Trinajstić information content (AvgIpc) is 3.73. The summed E-state index contributed by atoms with van der Waals surface area (Å²) in [5.41, 5.74) is 2.45. The quantitative estimate of drug-likeness (QED) is 0.175. The molecular formula is C38H36N4O7. The first-order chi connectivity index (χ1) is 24.0. The fraction of sp³-hybridized carbons (Fsp3) is 0.237. The van der Waals surface area contributed by atoms with Crippen molar-refractivity contribution in [2.45, 2.75) is 36.7 Å². The van der Waals surface area contributed by atoms with Crippen molar-refractivity contribution in [1.29, 1.82) is 0 Å². The lowest BCUT2D eigenvalue weighted by atomic mass is 9.80. The molecule has 0 saturated carbocycles. The van der Waals surface area contributed by atoms with E-state index < -0.39 is 30.1 Å². The second-order valence-corrected chi connectivity index (χ2v) is 11.7. The van der Waals surface area contributed by atoms with Crippen LogP contribution in [-0.4, -0.2) is 63.8 Å². The molecule has 1 saturated heterocycles. The number of hydrogen-bond donors (Lipinski definition) is 2. The van der Waals surface area contributed by atoms with Gasteiger partial charge < -0.3 is 33.8 Å². The summed E-state index contributed by atoms with van der Waals surface area (Å²) in [5, 5.41) is 11.9. The molecule has 49 heavy (non-hydrogen) atoms. The van der Waals surface area contributed by atoms with Crippen LogP contribution >= 0.6 is 0 Å². The molecule has 1 aliphatic heterocycles. The number of aliphatic hydroxyl groups excluding tert-OH is 1. The minimum absolute atomic E-state index is 0.0313. The van der Waals surface area contributed by atoms with Gasteiger partial charge in [0.2, 0.25) is 0 Å². The first kappa shape index (κ1) is 32.2. The van der Waals surface area contributed by atoms with Gasteiger partial charge in [0.25, 0.3) is 5.56 Å². The van der Waals surface area contributed by atoms with E-state index in [0.29, 0.717) is 17.1 Å². The largest absolute Gasteiger partial charge is 0.497 e. The van der Waals surface area contributed by atoms with Crippen LogP contribution in [0.15, 0.2) is 127 Å². The van der Waals surface area contributed by atoms with E-state index in [2.05, 4.69) is 15.0 Å². The highest BCUT2D eigenvalue weighted by Gasteiger charge is 2.48. The molecule has 0 bridgehead atoms. The molecule has 0 unspecified atom stereocenters. The van der Waals surface area contributed by atoms with E-state index >= 15 is 0 Å². The van der Waals surface area contributed by atoms with Gasteiger partial charge in [-0.1, -0.05) is 84.9 Å². The van der Waals surface area contributed by atoms with Gasteiger partial charge >= 0.3 is 0 Å². The first-order valence-electron chi connectivity index (χ1n) is 15.9. The number of benzene rings is 4. The van der Waals surface area contributed by atoms with Crippen molar-refractivity contribution in [3.05, 3.63) is 154 Å². The molecule has 2 aromatic heterocycles. The zero-order valence-electron chi connectivity index (χ0n) is 27.0. The van der Waals surface area contributed by atoms with Gasteiger partial charge in [0.1, 0.15) is 35.4 Å². The third kappa shape index (κ3) is 6.20. The zero-order chi connectivity index (χ0) is 33.8. The summed E-state index contributed by atoms with van der Waals surface area (Å²) >= 11 is 0. The van der Waals surface area contributed by atoms with E-state index in [0.717, 1.165) is 22.3 Å². The molecule has 6 aromatic rings. The molecule has 4 aromatic carbocycles. The van der Waals surface area contributed by atoms with E-state index in [4.69, 9.17) is 23.7 Å². The van der Waals surface area contributed by atoms with E-state index in [9.17, 15) is 9.90 Å². The number of aromatic nitrogens is 4. The van der Waals surface area contributed by atoms with Crippen molar-refractivity contribution in [2.24, 2.45) is 0 Å². The fourth-order valence-electron chi connectivity index (χ4n) is 6.36. The molecule has 0 spiro atoms. The van der Waals surface area contributed by atoms with E-state index in [-0.39, 0.29) is 24.3 Å². The minimum atomic E-state index is -1.13. The van der Waals surface area contributed by atoms with Crippen LogP contribution in [0.25, 0.3) is 11.2 Å². The number of nitrogens with zero attached hydrogens (tertiary/aromatic N) is 3. The predicted molar refractivity (Wildman–Crippen MR) is 181 cm³/mol. The van der Waals surface area contributed by atoms with Gasteiger partial charge in [-0.25, -0.2) is 9.97 Å². The molecule has 7 rings (SSSR count). The summed E-state index contributed by atoms with van der Waals surface area (Å²) in [7, 11) is 3.25. The lowest BCUT2D eigenvalue weighted by Crippen LogP contribution is -2.40. The maximum absolute atomic E-state index is 12.5. The van der Waals surface area contributed by atoms with Crippen molar-refractivity contribution in [2.75, 3.05) is 20.8 Å². The highest BCUT2D eigenvalue weighted by atomic mass is 16.6. The molecular weight excluding hydrogens is 624 g/mol. The van der Waals surface area contributed by atoms with Crippen LogP contribution in [0.5, 0.6) is 11.5 Å². The SMILES string of the molecule is COc1ccc(C(OC[C@H]2O[C@@H](n3cnc4c(=O)[nH]cnc43)[C@H](OCc3ccccc3)[C@@H]2O)(c2ccccc2)c2ccc(OC)cc2)cc1. The Balaban J connectivity index is 1.27. The topological polar surface area (TPSA) is 130 Å². The Morgan fingerprint density at radius 2 is 1.41 bits per heavy atom. The fourth-order valence-corrected chi connectivity index (χ4v) is 6.36. The Bertz CT molecular complexity index is 1990. The molecule has 11 heteroatoms. The molecule has 3 heterocycles. The summed E-state index contributed by atoms with van der Waals surface area (Å²) < 4.78 is 32.6. The van der Waals surface area contributed by atoms with Crippen molar-refractivity contribution in [3.63, 3.8) is 0 Å². The van der Waals surface area contributed by atoms with Gasteiger partial charge in [-0.05, 0) is 46.5 Å². The number of methoxy groups -OCH3 is 2. The highest BCUT2D eigenvalue weighted by molar-refractivity contribution is 5.68. The summed E-state index contributed by atoms with van der Waals surface area (Å²) in [6.07, 6.45) is -0.875. The van der Waals surface area contributed by atoms with Crippen LogP contribution in [0.2, 0.25) is 0 Å². The van der Waals surface area contributed by atoms with Crippen molar-refractivity contribution in [1.82, 2.24) is 19.5 Å². The molecule has 1 aliphatic rings. The van der Waals surface area contributed by atoms with Gasteiger partial charge in [-0.3, -0.25) is 9.36 Å². The van der Waals surface area contributed by atoms with Crippen molar-refractivity contribution < 1.29 is 28.8 Å². The Hall–Kier alpha value is -5.33. The smallest absolute Gasteiger partial charge is 0.278 e. The normalized spacial score (nSPS) is 19.2. The van der Waals surface area contributed by atoms with Gasteiger partial charge in [-0.15, -0.1) is 0 Å². The maximum Gasteiger partial charge on any atom is 0.278 e. The number of imidazole rings is 1. The molecule has 4 atom stereocenters. The van der Waals surface area contributed by atoms with E-state index in [1.807, 2.05) is 109 Å². The van der Waals surface area contributed by atoms with Crippen LogP contribution in [0, 0.1) is 0 Å². The lowest BCUT2D eigenvalue weighted by molar-refractivity contribution is -0.0968. The number of H-pyrrole nitrogens is 1. The molecule has 0 radical (unpaired) electrons. The van der Waals surface area contributed by atoms with Crippen LogP contribution in [0.1, 0.15) is 28.5 Å². The Kier molecular flexibility index (Phi) is 9.23. The third-order valence-corrected chi connectivity index (χ3v) is 8.87. The lowest BCUT2D eigenvalue weighted by Gasteiger charge is -2.37. The first-order valence-corrected chi connectivity index (χ1v) is 15.9. The summed E-state index contributed by atoms with van der Waals surface area (Å²) in [6, 6.07) is 35.0. The maximum atomic E-state index is 12.5. The Labute approximate surface area is 282 Å². The zero-order valence-corrected chi connectivity index (χ0v) is 27.0. The van der Waals surface area contributed by atoms with Crippen LogP contribution in [0.3, 0.4) is 0 Å². The predicted octanol–water partition coefficient (Wildman–Crippen LogP) is 4.99. The summed E-state index contributed by atoms with van der Waals surface area (Å²) in [4.78, 5) is 23.7. The molecule has 0 aliphatic carbocycles. The average molecular weight is 661 g/mol. The van der Waals surface area contributed by atoms with Crippen LogP contribution in [-0.2, 0) is 26.4 Å². The highest BCUT2D eigenvalue weighted by Crippen LogP contribution is 2.43. The Morgan fingerprint density at radius 1 is 0.816 bits per heavy atom. The van der Waals surface area contributed by atoms with Gasteiger partial charge in [0, 0.05) is 0 Å². The Morgan fingerprint density at radius 3 is 2.02 bits per heavy atom.